The molecule has 2 rings (SSSR count). The monoisotopic (exact) mass is 334 g/mol. The molecule has 0 radical (unpaired) electrons. The Morgan fingerprint density at radius 3 is 1.87 bits per heavy atom. The second-order valence-corrected chi connectivity index (χ2v) is 4.21. The van der Waals surface area contributed by atoms with Crippen LogP contribution in [-0.4, -0.2) is 11.3 Å². The Bertz CT molecular complexity index is 717. The van der Waals surface area contributed by atoms with E-state index in [1.807, 2.05) is 0 Å². The predicted octanol–water partition coefficient (Wildman–Crippen LogP) is 3.80. The van der Waals surface area contributed by atoms with Crippen molar-refractivity contribution in [2.45, 2.75) is 6.61 Å². The van der Waals surface area contributed by atoms with Gasteiger partial charge in [-0.1, -0.05) is 12.1 Å². The molecule has 122 valence electrons. The molecular weight excluding hydrogens is 327 g/mol. The van der Waals surface area contributed by atoms with Crippen molar-refractivity contribution in [2.75, 3.05) is 0 Å². The number of ether oxygens (including phenoxy) is 2. The molecule has 0 aliphatic carbocycles. The largest absolute Gasteiger partial charge is 0.514 e. The summed E-state index contributed by atoms with van der Waals surface area (Å²) in [6.45, 7) is -0.408. The van der Waals surface area contributed by atoms with Crippen LogP contribution in [0.3, 0.4) is 0 Å². The molecule has 0 aliphatic heterocycles. The first-order valence-corrected chi connectivity index (χ1v) is 5.95. The van der Waals surface area contributed by atoms with Gasteiger partial charge in [0.2, 0.25) is 34.8 Å². The van der Waals surface area contributed by atoms with Crippen LogP contribution >= 0.6 is 0 Å². The first-order chi connectivity index (χ1) is 10.8. The summed E-state index contributed by atoms with van der Waals surface area (Å²) in [4.78, 5) is 11.3. The Balaban J connectivity index is 2.10. The van der Waals surface area contributed by atoms with E-state index < -0.39 is 47.6 Å². The highest BCUT2D eigenvalue weighted by atomic mass is 19.2. The van der Waals surface area contributed by atoms with Crippen LogP contribution in [0.5, 0.6) is 11.5 Å². The third-order valence-corrected chi connectivity index (χ3v) is 2.65. The van der Waals surface area contributed by atoms with Crippen molar-refractivity contribution in [3.8, 4) is 11.5 Å². The number of hydrogen-bond donors (Lipinski definition) is 1. The molecule has 2 aromatic carbocycles. The maximum Gasteiger partial charge on any atom is 0.514 e. The molecule has 0 atom stereocenters. The van der Waals surface area contributed by atoms with Crippen molar-refractivity contribution in [1.82, 2.24) is 0 Å². The molecule has 0 fully saturated rings. The summed E-state index contributed by atoms with van der Waals surface area (Å²) in [5.41, 5.74) is 0.386. The van der Waals surface area contributed by atoms with Crippen molar-refractivity contribution in [1.29, 1.82) is 0 Å². The standard InChI is InChI=1S/C14H7F5O4/c15-8-9(16)11(18)13(12(19)10(8)17)23-14(21)22-5-6-1-3-7(20)4-2-6/h1-4,20H,5H2. The average molecular weight is 334 g/mol. The third-order valence-electron chi connectivity index (χ3n) is 2.65. The van der Waals surface area contributed by atoms with E-state index in [1.54, 1.807) is 0 Å². The van der Waals surface area contributed by atoms with Crippen molar-refractivity contribution < 1.29 is 41.3 Å². The molecule has 1 N–H and O–H groups in total. The highest BCUT2D eigenvalue weighted by molar-refractivity contribution is 5.64. The van der Waals surface area contributed by atoms with Gasteiger partial charge >= 0.3 is 6.16 Å². The maximum absolute atomic E-state index is 13.3. The van der Waals surface area contributed by atoms with Gasteiger partial charge in [0.25, 0.3) is 0 Å². The first-order valence-electron chi connectivity index (χ1n) is 5.95. The van der Waals surface area contributed by atoms with Crippen LogP contribution in [0.15, 0.2) is 24.3 Å². The number of phenolic OH excluding ortho intramolecular Hbond substituents is 1. The predicted molar refractivity (Wildman–Crippen MR) is 65.2 cm³/mol. The summed E-state index contributed by atoms with van der Waals surface area (Å²) < 4.78 is 73.8. The number of aromatic hydroxyl groups is 1. The molecular formula is C14H7F5O4. The number of rotatable bonds is 3. The lowest BCUT2D eigenvalue weighted by atomic mass is 10.2. The number of hydrogen-bond acceptors (Lipinski definition) is 4. The van der Waals surface area contributed by atoms with E-state index in [9.17, 15) is 26.7 Å². The van der Waals surface area contributed by atoms with Crippen LogP contribution in [0.4, 0.5) is 26.7 Å². The quantitative estimate of drug-likeness (QED) is 0.305. The lowest BCUT2D eigenvalue weighted by Gasteiger charge is -2.09. The SMILES string of the molecule is O=C(OCc1ccc(O)cc1)Oc1c(F)c(F)c(F)c(F)c1F. The van der Waals surface area contributed by atoms with Gasteiger partial charge in [-0.25, -0.2) is 18.0 Å². The number of halogens is 5. The van der Waals surface area contributed by atoms with Crippen molar-refractivity contribution in [3.05, 3.63) is 58.9 Å². The average Bonchev–Trinajstić information content (AvgIpc) is 2.54. The Labute approximate surface area is 125 Å². The van der Waals surface area contributed by atoms with Gasteiger partial charge in [0.05, 0.1) is 0 Å². The van der Waals surface area contributed by atoms with Gasteiger partial charge in [0.1, 0.15) is 12.4 Å². The van der Waals surface area contributed by atoms with Crippen LogP contribution in [0.25, 0.3) is 0 Å². The van der Waals surface area contributed by atoms with Gasteiger partial charge in [-0.15, -0.1) is 0 Å². The first kappa shape index (κ1) is 16.5. The van der Waals surface area contributed by atoms with Crippen molar-refractivity contribution in [2.24, 2.45) is 0 Å². The fourth-order valence-electron chi connectivity index (χ4n) is 1.52. The summed E-state index contributed by atoms with van der Waals surface area (Å²) in [5.74, 6) is -13.2. The molecule has 0 saturated carbocycles. The Morgan fingerprint density at radius 2 is 1.35 bits per heavy atom. The Kier molecular flexibility index (Phi) is 4.68. The molecule has 2 aromatic rings. The summed E-state index contributed by atoms with van der Waals surface area (Å²) >= 11 is 0. The van der Waals surface area contributed by atoms with Crippen LogP contribution < -0.4 is 4.74 Å². The lowest BCUT2D eigenvalue weighted by molar-refractivity contribution is 0.0887. The molecule has 9 heteroatoms. The zero-order valence-electron chi connectivity index (χ0n) is 11.1. The van der Waals surface area contributed by atoms with E-state index >= 15 is 0 Å². The minimum Gasteiger partial charge on any atom is -0.508 e. The van der Waals surface area contributed by atoms with E-state index in [-0.39, 0.29) is 5.75 Å². The zero-order valence-corrected chi connectivity index (χ0v) is 11.1. The Morgan fingerprint density at radius 1 is 0.870 bits per heavy atom. The summed E-state index contributed by atoms with van der Waals surface area (Å²) in [5, 5.41) is 9.05. The number of phenols is 1. The molecule has 0 amide bonds. The van der Waals surface area contributed by atoms with E-state index in [0.29, 0.717) is 5.56 Å². The molecule has 0 unspecified atom stereocenters. The van der Waals surface area contributed by atoms with Gasteiger partial charge in [0, 0.05) is 0 Å². The smallest absolute Gasteiger partial charge is 0.508 e. The summed E-state index contributed by atoms with van der Waals surface area (Å²) in [6.07, 6.45) is -1.67. The fraction of sp³-hybridized carbons (Fsp3) is 0.0714. The van der Waals surface area contributed by atoms with E-state index in [2.05, 4.69) is 9.47 Å². The fourth-order valence-corrected chi connectivity index (χ4v) is 1.52. The highest BCUT2D eigenvalue weighted by Crippen LogP contribution is 2.29. The number of carbonyl (C=O) groups excluding carboxylic acids is 1. The minimum atomic E-state index is -2.37. The minimum absolute atomic E-state index is 0.0438. The molecule has 0 bridgehead atoms. The Hall–Kier alpha value is -2.84. The normalized spacial score (nSPS) is 10.5. The van der Waals surface area contributed by atoms with Gasteiger partial charge in [-0.05, 0) is 17.7 Å². The molecule has 0 aliphatic rings. The zero-order chi connectivity index (χ0) is 17.1. The second-order valence-electron chi connectivity index (χ2n) is 4.21. The third kappa shape index (κ3) is 3.50. The topological polar surface area (TPSA) is 55.8 Å². The number of carbonyl (C=O) groups is 1. The molecule has 0 saturated heterocycles. The summed E-state index contributed by atoms with van der Waals surface area (Å²) in [7, 11) is 0. The van der Waals surface area contributed by atoms with Gasteiger partial charge in [-0.3, -0.25) is 0 Å². The molecule has 0 spiro atoms. The number of benzene rings is 2. The van der Waals surface area contributed by atoms with E-state index in [4.69, 9.17) is 5.11 Å². The second kappa shape index (κ2) is 6.51. The summed E-state index contributed by atoms with van der Waals surface area (Å²) in [6, 6.07) is 5.32. The molecule has 0 aromatic heterocycles. The van der Waals surface area contributed by atoms with Gasteiger partial charge in [-0.2, -0.15) is 8.78 Å². The van der Waals surface area contributed by atoms with Crippen molar-refractivity contribution >= 4 is 6.16 Å². The van der Waals surface area contributed by atoms with Crippen LogP contribution in [-0.2, 0) is 11.3 Å². The maximum atomic E-state index is 13.3. The van der Waals surface area contributed by atoms with Gasteiger partial charge in [0.15, 0.2) is 0 Å². The molecule has 0 heterocycles. The molecule has 4 nitrogen and oxygen atoms in total. The van der Waals surface area contributed by atoms with Crippen LogP contribution in [0.2, 0.25) is 0 Å². The highest BCUT2D eigenvalue weighted by Gasteiger charge is 2.28. The van der Waals surface area contributed by atoms with E-state index in [0.717, 1.165) is 0 Å². The van der Waals surface area contributed by atoms with Crippen molar-refractivity contribution in [3.63, 3.8) is 0 Å². The van der Waals surface area contributed by atoms with Gasteiger partial charge < -0.3 is 14.6 Å². The van der Waals surface area contributed by atoms with Crippen LogP contribution in [0, 0.1) is 29.1 Å². The lowest BCUT2D eigenvalue weighted by Crippen LogP contribution is -2.14. The molecule has 23 heavy (non-hydrogen) atoms. The van der Waals surface area contributed by atoms with Crippen LogP contribution in [0.1, 0.15) is 5.56 Å². The van der Waals surface area contributed by atoms with E-state index in [1.165, 1.54) is 24.3 Å².